The fourth-order valence-corrected chi connectivity index (χ4v) is 3.53. The van der Waals surface area contributed by atoms with Gasteiger partial charge in [-0.15, -0.1) is 0 Å². The van der Waals surface area contributed by atoms with Crippen molar-refractivity contribution >= 4 is 27.3 Å². The van der Waals surface area contributed by atoms with Crippen LogP contribution in [-0.2, 0) is 0 Å². The summed E-state index contributed by atoms with van der Waals surface area (Å²) < 4.78 is 13.7. The molecule has 2 unspecified atom stereocenters. The second kappa shape index (κ2) is 5.29. The van der Waals surface area contributed by atoms with E-state index >= 15 is 0 Å². The van der Waals surface area contributed by atoms with Crippen molar-refractivity contribution in [1.82, 2.24) is 5.32 Å². The zero-order chi connectivity index (χ0) is 14.3. The molecule has 5 nitrogen and oxygen atoms in total. The molecular formula is C13H15BrFN3O2. The molecule has 7 heteroatoms. The summed E-state index contributed by atoms with van der Waals surface area (Å²) in [5, 5.41) is 17.7. The lowest BCUT2D eigenvalue weighted by Crippen LogP contribution is -2.43. The molecule has 2 saturated heterocycles. The zero-order valence-corrected chi connectivity index (χ0v) is 12.3. The van der Waals surface area contributed by atoms with Gasteiger partial charge in [0.2, 0.25) is 0 Å². The van der Waals surface area contributed by atoms with Gasteiger partial charge < -0.3 is 10.6 Å². The average Bonchev–Trinajstić information content (AvgIpc) is 2.72. The van der Waals surface area contributed by atoms with Gasteiger partial charge in [-0.2, -0.15) is 0 Å². The molecule has 0 aromatic heterocycles. The normalized spacial score (nSPS) is 28.4. The number of fused-ring (bicyclic) bond motifs is 2. The number of hydrogen-bond donors (Lipinski definition) is 2. The first kappa shape index (κ1) is 13.8. The molecule has 0 radical (unpaired) electrons. The number of rotatable bonds is 3. The minimum absolute atomic E-state index is 0.0934. The lowest BCUT2D eigenvalue weighted by Gasteiger charge is -2.30. The molecule has 2 aliphatic heterocycles. The summed E-state index contributed by atoms with van der Waals surface area (Å²) in [7, 11) is 0. The Kier molecular flexibility index (Phi) is 3.64. The summed E-state index contributed by atoms with van der Waals surface area (Å²) in [5.41, 5.74) is 0.172. The minimum Gasteiger partial charge on any atom is -0.377 e. The van der Waals surface area contributed by atoms with Crippen LogP contribution in [0.1, 0.15) is 25.7 Å². The molecule has 0 saturated carbocycles. The van der Waals surface area contributed by atoms with Crippen LogP contribution in [0.5, 0.6) is 0 Å². The maximum absolute atomic E-state index is 13.6. The zero-order valence-electron chi connectivity index (χ0n) is 10.7. The van der Waals surface area contributed by atoms with Crippen molar-refractivity contribution in [3.63, 3.8) is 0 Å². The Morgan fingerprint density at radius 3 is 2.60 bits per heavy atom. The van der Waals surface area contributed by atoms with Gasteiger partial charge in [-0.05, 0) is 41.6 Å². The van der Waals surface area contributed by atoms with Gasteiger partial charge >= 0.3 is 0 Å². The van der Waals surface area contributed by atoms with Gasteiger partial charge in [0.05, 0.1) is 9.40 Å². The number of benzene rings is 1. The van der Waals surface area contributed by atoms with Gasteiger partial charge in [0.15, 0.2) is 0 Å². The van der Waals surface area contributed by atoms with Gasteiger partial charge in [-0.1, -0.05) is 0 Å². The molecule has 2 fully saturated rings. The Morgan fingerprint density at radius 2 is 2.00 bits per heavy atom. The van der Waals surface area contributed by atoms with Gasteiger partial charge in [0, 0.05) is 30.3 Å². The second-order valence-electron chi connectivity index (χ2n) is 5.49. The first-order chi connectivity index (χ1) is 9.52. The number of nitro groups is 1. The predicted octanol–water partition coefficient (Wildman–Crippen LogP) is 3.19. The third-order valence-corrected chi connectivity index (χ3v) is 4.68. The van der Waals surface area contributed by atoms with Crippen molar-refractivity contribution in [3.8, 4) is 0 Å². The van der Waals surface area contributed by atoms with E-state index in [0.29, 0.717) is 12.1 Å². The number of nitrogens with one attached hydrogen (secondary N) is 2. The monoisotopic (exact) mass is 343 g/mol. The highest BCUT2D eigenvalue weighted by Crippen LogP contribution is 2.34. The molecule has 2 atom stereocenters. The number of halogens is 2. The molecule has 2 heterocycles. The first-order valence-corrected chi connectivity index (χ1v) is 7.48. The number of anilines is 1. The Morgan fingerprint density at radius 1 is 1.35 bits per heavy atom. The lowest BCUT2D eigenvalue weighted by atomic mass is 9.99. The van der Waals surface area contributed by atoms with Crippen molar-refractivity contribution in [2.24, 2.45) is 0 Å². The third kappa shape index (κ3) is 2.64. The van der Waals surface area contributed by atoms with Crippen LogP contribution in [0.4, 0.5) is 15.8 Å². The highest BCUT2D eigenvalue weighted by atomic mass is 79.9. The fourth-order valence-electron chi connectivity index (χ4n) is 3.20. The molecule has 1 aromatic rings. The molecular weight excluding hydrogens is 329 g/mol. The van der Waals surface area contributed by atoms with Gasteiger partial charge in [0.25, 0.3) is 5.69 Å². The molecule has 108 valence electrons. The summed E-state index contributed by atoms with van der Waals surface area (Å²) >= 11 is 2.99. The van der Waals surface area contributed by atoms with Gasteiger partial charge in [-0.3, -0.25) is 10.1 Å². The second-order valence-corrected chi connectivity index (χ2v) is 6.35. The van der Waals surface area contributed by atoms with Crippen LogP contribution in [0.15, 0.2) is 16.6 Å². The summed E-state index contributed by atoms with van der Waals surface area (Å²) in [6, 6.07) is 3.53. The van der Waals surface area contributed by atoms with Gasteiger partial charge in [0.1, 0.15) is 11.5 Å². The van der Waals surface area contributed by atoms with E-state index in [1.54, 1.807) is 0 Å². The Bertz CT molecular complexity index is 543. The van der Waals surface area contributed by atoms with Crippen molar-refractivity contribution in [2.75, 3.05) is 5.32 Å². The van der Waals surface area contributed by atoms with Crippen molar-refractivity contribution < 1.29 is 9.31 Å². The molecule has 20 heavy (non-hydrogen) atoms. The Labute approximate surface area is 124 Å². The fraction of sp³-hybridized carbons (Fsp3) is 0.538. The molecule has 3 rings (SSSR count). The third-order valence-electron chi connectivity index (χ3n) is 4.07. The Balaban J connectivity index is 1.83. The molecule has 0 aliphatic carbocycles. The van der Waals surface area contributed by atoms with Crippen LogP contribution in [0.25, 0.3) is 0 Å². The molecule has 2 bridgehead atoms. The van der Waals surface area contributed by atoms with Crippen molar-refractivity contribution in [2.45, 2.75) is 43.8 Å². The van der Waals surface area contributed by atoms with E-state index in [1.807, 2.05) is 0 Å². The quantitative estimate of drug-likeness (QED) is 0.653. The van der Waals surface area contributed by atoms with E-state index < -0.39 is 10.7 Å². The molecule has 2 aliphatic rings. The predicted molar refractivity (Wildman–Crippen MR) is 77.3 cm³/mol. The topological polar surface area (TPSA) is 67.2 Å². The summed E-state index contributed by atoms with van der Waals surface area (Å²) in [6.07, 6.45) is 4.15. The van der Waals surface area contributed by atoms with Crippen LogP contribution in [0, 0.1) is 15.9 Å². The van der Waals surface area contributed by atoms with Crippen LogP contribution in [-0.4, -0.2) is 23.0 Å². The van der Waals surface area contributed by atoms with Crippen LogP contribution < -0.4 is 10.6 Å². The lowest BCUT2D eigenvalue weighted by molar-refractivity contribution is -0.384. The SMILES string of the molecule is O=[N+]([O-])c1cc(Br)c(F)cc1NC1CC2CCC(C1)N2. The van der Waals surface area contributed by atoms with Crippen LogP contribution in [0.3, 0.4) is 0 Å². The van der Waals surface area contributed by atoms with Gasteiger partial charge in [-0.25, -0.2) is 4.39 Å². The summed E-state index contributed by atoms with van der Waals surface area (Å²) in [6.45, 7) is 0. The first-order valence-electron chi connectivity index (χ1n) is 6.69. The summed E-state index contributed by atoms with van der Waals surface area (Å²) in [5.74, 6) is -0.491. The average molecular weight is 344 g/mol. The standard InChI is InChI=1S/C13H15BrFN3O2/c14-10-5-13(18(19)20)12(6-11(10)15)17-9-3-7-1-2-8(4-9)16-7/h5-9,16-17H,1-4H2. The smallest absolute Gasteiger partial charge is 0.293 e. The minimum atomic E-state index is -0.491. The van der Waals surface area contributed by atoms with Crippen LogP contribution >= 0.6 is 15.9 Å². The number of nitrogens with zero attached hydrogens (tertiary/aromatic N) is 1. The van der Waals surface area contributed by atoms with Crippen molar-refractivity contribution in [3.05, 3.63) is 32.5 Å². The number of piperidine rings is 1. The molecule has 1 aromatic carbocycles. The van der Waals surface area contributed by atoms with Crippen molar-refractivity contribution in [1.29, 1.82) is 0 Å². The largest absolute Gasteiger partial charge is 0.377 e. The highest BCUT2D eigenvalue weighted by Gasteiger charge is 2.34. The molecule has 0 spiro atoms. The van der Waals surface area contributed by atoms with E-state index in [1.165, 1.54) is 12.1 Å². The highest BCUT2D eigenvalue weighted by molar-refractivity contribution is 9.10. The number of hydrogen-bond acceptors (Lipinski definition) is 4. The van der Waals surface area contributed by atoms with E-state index in [-0.39, 0.29) is 21.9 Å². The Hall–Kier alpha value is -1.21. The van der Waals surface area contributed by atoms with E-state index in [2.05, 4.69) is 26.6 Å². The van der Waals surface area contributed by atoms with Crippen LogP contribution in [0.2, 0.25) is 0 Å². The number of nitro benzene ring substituents is 1. The van der Waals surface area contributed by atoms with E-state index in [4.69, 9.17) is 0 Å². The molecule has 2 N–H and O–H groups in total. The molecule has 0 amide bonds. The van der Waals surface area contributed by atoms with E-state index in [9.17, 15) is 14.5 Å². The maximum Gasteiger partial charge on any atom is 0.293 e. The maximum atomic E-state index is 13.6. The summed E-state index contributed by atoms with van der Waals surface area (Å²) in [4.78, 5) is 10.6. The van der Waals surface area contributed by atoms with E-state index in [0.717, 1.165) is 25.7 Å².